The van der Waals surface area contributed by atoms with Crippen molar-refractivity contribution < 1.29 is 19.1 Å². The second kappa shape index (κ2) is 9.76. The van der Waals surface area contributed by atoms with Crippen LogP contribution >= 0.6 is 0 Å². The van der Waals surface area contributed by atoms with Gasteiger partial charge in [-0.15, -0.1) is 0 Å². The van der Waals surface area contributed by atoms with E-state index in [1.807, 2.05) is 20.8 Å². The number of carbonyl (C=O) groups is 3. The van der Waals surface area contributed by atoms with E-state index in [-0.39, 0.29) is 18.4 Å². The van der Waals surface area contributed by atoms with E-state index in [1.165, 1.54) is 4.90 Å². The highest BCUT2D eigenvalue weighted by molar-refractivity contribution is 5.99. The number of amides is 3. The number of carbonyl (C=O) groups excluding carboxylic acids is 3. The van der Waals surface area contributed by atoms with Crippen molar-refractivity contribution in [3.05, 3.63) is 23.8 Å². The van der Waals surface area contributed by atoms with Gasteiger partial charge in [-0.25, -0.2) is 0 Å². The number of hydrogen-bond donors (Lipinski definition) is 3. The van der Waals surface area contributed by atoms with Crippen LogP contribution in [-0.4, -0.2) is 55.9 Å². The topological polar surface area (TPSA) is 114 Å². The van der Waals surface area contributed by atoms with Crippen LogP contribution in [0.5, 0.6) is 5.75 Å². The number of benzene rings is 1. The summed E-state index contributed by atoms with van der Waals surface area (Å²) in [4.78, 5) is 37.5. The highest BCUT2D eigenvalue weighted by Crippen LogP contribution is 2.26. The fourth-order valence-corrected chi connectivity index (χ4v) is 2.08. The number of rotatable bonds is 8. The summed E-state index contributed by atoms with van der Waals surface area (Å²) in [5.41, 5.74) is 6.52. The number of nitrogens with zero attached hydrogens (tertiary/aromatic N) is 1. The first-order valence-electron chi connectivity index (χ1n) is 8.49. The van der Waals surface area contributed by atoms with Gasteiger partial charge in [0.1, 0.15) is 5.75 Å². The summed E-state index contributed by atoms with van der Waals surface area (Å²) in [6, 6.07) is 4.13. The van der Waals surface area contributed by atoms with Crippen molar-refractivity contribution in [3.8, 4) is 5.75 Å². The van der Waals surface area contributed by atoms with Crippen molar-refractivity contribution in [3.63, 3.8) is 0 Å². The lowest BCUT2D eigenvalue weighted by molar-refractivity contribution is -0.125. The first-order valence-corrected chi connectivity index (χ1v) is 8.49. The normalized spacial score (nSPS) is 11.7. The molecule has 1 atom stereocenters. The molecule has 1 aromatic carbocycles. The third-order valence-electron chi connectivity index (χ3n) is 3.65. The molecule has 0 saturated heterocycles. The first-order chi connectivity index (χ1) is 12.2. The third-order valence-corrected chi connectivity index (χ3v) is 3.65. The molecule has 0 aliphatic carbocycles. The largest absolute Gasteiger partial charge is 0.492 e. The van der Waals surface area contributed by atoms with Crippen molar-refractivity contribution in [2.45, 2.75) is 26.8 Å². The Hall–Kier alpha value is -2.61. The zero-order valence-corrected chi connectivity index (χ0v) is 16.0. The lowest BCUT2D eigenvalue weighted by atomic mass is 10.1. The molecule has 0 radical (unpaired) electrons. The van der Waals surface area contributed by atoms with Crippen LogP contribution in [0.2, 0.25) is 0 Å². The van der Waals surface area contributed by atoms with Gasteiger partial charge in [0, 0.05) is 19.7 Å². The Morgan fingerprint density at radius 2 is 1.88 bits per heavy atom. The second-order valence-electron chi connectivity index (χ2n) is 6.38. The van der Waals surface area contributed by atoms with E-state index in [9.17, 15) is 14.4 Å². The second-order valence-corrected chi connectivity index (χ2v) is 6.38. The van der Waals surface area contributed by atoms with Gasteiger partial charge < -0.3 is 26.0 Å². The minimum atomic E-state index is -0.678. The smallest absolute Gasteiger partial charge is 0.253 e. The summed E-state index contributed by atoms with van der Waals surface area (Å²) in [6.07, 6.45) is 0. The van der Waals surface area contributed by atoms with Crippen molar-refractivity contribution in [2.75, 3.05) is 32.6 Å². The molecule has 0 heterocycles. The van der Waals surface area contributed by atoms with Gasteiger partial charge in [-0.1, -0.05) is 13.8 Å². The molecule has 0 bridgehead atoms. The number of ether oxygens (including phenoxy) is 1. The molecule has 8 nitrogen and oxygen atoms in total. The maximum Gasteiger partial charge on any atom is 0.253 e. The van der Waals surface area contributed by atoms with Gasteiger partial charge in [0.05, 0.1) is 24.9 Å². The maximum absolute atomic E-state index is 12.2. The van der Waals surface area contributed by atoms with E-state index in [1.54, 1.807) is 32.3 Å². The van der Waals surface area contributed by atoms with Gasteiger partial charge >= 0.3 is 0 Å². The monoisotopic (exact) mass is 364 g/mol. The van der Waals surface area contributed by atoms with Crippen molar-refractivity contribution in [1.29, 1.82) is 0 Å². The summed E-state index contributed by atoms with van der Waals surface area (Å²) < 4.78 is 5.48. The molecule has 0 fully saturated rings. The van der Waals surface area contributed by atoms with E-state index < -0.39 is 17.9 Å². The number of hydrogen-bond acceptors (Lipinski definition) is 5. The number of nitrogens with one attached hydrogen (secondary N) is 2. The summed E-state index contributed by atoms with van der Waals surface area (Å²) in [7, 11) is 3.29. The van der Waals surface area contributed by atoms with Crippen LogP contribution < -0.4 is 21.1 Å². The summed E-state index contributed by atoms with van der Waals surface area (Å²) in [5, 5.41) is 5.16. The lowest BCUT2D eigenvalue weighted by Gasteiger charge is -2.17. The predicted molar refractivity (Wildman–Crippen MR) is 100 cm³/mol. The van der Waals surface area contributed by atoms with E-state index in [4.69, 9.17) is 10.5 Å². The SMILES string of the molecule is CCOc1ccc(C(=O)N(C)C)cc1NC(=O)CNC(=O)[C@@H](N)C(C)C. The average molecular weight is 364 g/mol. The molecule has 0 aliphatic rings. The molecule has 4 N–H and O–H groups in total. The zero-order valence-electron chi connectivity index (χ0n) is 16.0. The summed E-state index contributed by atoms with van der Waals surface area (Å²) >= 11 is 0. The van der Waals surface area contributed by atoms with Gasteiger partial charge in [0.25, 0.3) is 5.91 Å². The van der Waals surface area contributed by atoms with E-state index in [0.29, 0.717) is 23.6 Å². The Kier molecular flexibility index (Phi) is 8.05. The average Bonchev–Trinajstić information content (AvgIpc) is 2.59. The van der Waals surface area contributed by atoms with Crippen LogP contribution in [0.4, 0.5) is 5.69 Å². The molecular formula is C18H28N4O4. The fourth-order valence-electron chi connectivity index (χ4n) is 2.08. The van der Waals surface area contributed by atoms with Crippen LogP contribution in [0.15, 0.2) is 18.2 Å². The lowest BCUT2D eigenvalue weighted by Crippen LogP contribution is -2.46. The Morgan fingerprint density at radius 3 is 2.42 bits per heavy atom. The molecule has 0 saturated carbocycles. The quantitative estimate of drug-likeness (QED) is 0.632. The number of anilines is 1. The highest BCUT2D eigenvalue weighted by atomic mass is 16.5. The molecule has 8 heteroatoms. The molecule has 144 valence electrons. The highest BCUT2D eigenvalue weighted by Gasteiger charge is 2.18. The van der Waals surface area contributed by atoms with Crippen molar-refractivity contribution >= 4 is 23.4 Å². The van der Waals surface area contributed by atoms with Gasteiger partial charge in [-0.3, -0.25) is 14.4 Å². The van der Waals surface area contributed by atoms with Gasteiger partial charge in [-0.2, -0.15) is 0 Å². The molecule has 3 amide bonds. The minimum absolute atomic E-state index is 0.0312. The van der Waals surface area contributed by atoms with E-state index in [0.717, 1.165) is 0 Å². The standard InChI is InChI=1S/C18H28N4O4/c1-6-26-14-8-7-12(18(25)22(4)5)9-13(14)21-15(23)10-20-17(24)16(19)11(2)3/h7-9,11,16H,6,10,19H2,1-5H3,(H,20,24)(H,21,23)/t16-/m0/s1. The molecule has 0 aliphatic heterocycles. The van der Waals surface area contributed by atoms with E-state index >= 15 is 0 Å². The van der Waals surface area contributed by atoms with Gasteiger partial charge in [0.15, 0.2) is 0 Å². The minimum Gasteiger partial charge on any atom is -0.492 e. The Balaban J connectivity index is 2.85. The van der Waals surface area contributed by atoms with E-state index in [2.05, 4.69) is 10.6 Å². The van der Waals surface area contributed by atoms with Crippen LogP contribution in [0.1, 0.15) is 31.1 Å². The Bertz CT molecular complexity index is 659. The molecule has 0 spiro atoms. The summed E-state index contributed by atoms with van der Waals surface area (Å²) in [5.74, 6) is -0.612. The van der Waals surface area contributed by atoms with Crippen molar-refractivity contribution in [2.24, 2.45) is 11.7 Å². The number of nitrogens with two attached hydrogens (primary N) is 1. The van der Waals surface area contributed by atoms with Gasteiger partial charge in [-0.05, 0) is 31.0 Å². The molecule has 1 rings (SSSR count). The molecule has 0 aromatic heterocycles. The summed E-state index contributed by atoms with van der Waals surface area (Å²) in [6.45, 7) is 5.65. The fraction of sp³-hybridized carbons (Fsp3) is 0.500. The van der Waals surface area contributed by atoms with Crippen molar-refractivity contribution in [1.82, 2.24) is 10.2 Å². The maximum atomic E-state index is 12.2. The Labute approximate surface area is 154 Å². The van der Waals surface area contributed by atoms with Gasteiger partial charge in [0.2, 0.25) is 11.8 Å². The zero-order chi connectivity index (χ0) is 19.9. The van der Waals surface area contributed by atoms with Crippen LogP contribution in [0.25, 0.3) is 0 Å². The van der Waals surface area contributed by atoms with Crippen LogP contribution in [-0.2, 0) is 9.59 Å². The molecular weight excluding hydrogens is 336 g/mol. The van der Waals surface area contributed by atoms with Crippen LogP contribution in [0, 0.1) is 5.92 Å². The third kappa shape index (κ3) is 6.03. The molecule has 26 heavy (non-hydrogen) atoms. The van der Waals surface area contributed by atoms with Crippen LogP contribution in [0.3, 0.4) is 0 Å². The predicted octanol–water partition coefficient (Wildman–Crippen LogP) is 0.825. The Morgan fingerprint density at radius 1 is 1.23 bits per heavy atom. The molecule has 1 aromatic rings. The molecule has 0 unspecified atom stereocenters. The first kappa shape index (κ1) is 21.4.